The Bertz CT molecular complexity index is 916. The van der Waals surface area contributed by atoms with E-state index in [1.54, 1.807) is 7.05 Å². The van der Waals surface area contributed by atoms with Crippen LogP contribution in [0.1, 0.15) is 67.4 Å². The van der Waals surface area contributed by atoms with Crippen LogP contribution in [-0.4, -0.2) is 44.8 Å². The molecule has 1 saturated heterocycles. The van der Waals surface area contributed by atoms with Gasteiger partial charge in [-0.15, -0.1) is 0 Å². The van der Waals surface area contributed by atoms with Gasteiger partial charge in [0.1, 0.15) is 5.82 Å². The van der Waals surface area contributed by atoms with E-state index in [1.807, 2.05) is 4.57 Å². The lowest BCUT2D eigenvalue weighted by atomic mass is 9.95. The zero-order chi connectivity index (χ0) is 21.1. The van der Waals surface area contributed by atoms with E-state index in [0.29, 0.717) is 25.0 Å². The number of nitrogens with zero attached hydrogens (tertiary/aromatic N) is 4. The molecule has 1 amide bonds. The highest BCUT2D eigenvalue weighted by Gasteiger charge is 2.30. The molecule has 1 aromatic heterocycles. The fourth-order valence-corrected chi connectivity index (χ4v) is 4.80. The predicted octanol–water partition coefficient (Wildman–Crippen LogP) is 2.50. The van der Waals surface area contributed by atoms with Gasteiger partial charge in [-0.3, -0.25) is 14.3 Å². The van der Waals surface area contributed by atoms with Gasteiger partial charge in [0.2, 0.25) is 5.91 Å². The van der Waals surface area contributed by atoms with Gasteiger partial charge in [0.25, 0.3) is 0 Å². The lowest BCUT2D eigenvalue weighted by Crippen LogP contribution is -2.41. The minimum atomic E-state index is 0.0230. The van der Waals surface area contributed by atoms with Crippen molar-refractivity contribution in [2.24, 2.45) is 7.05 Å². The number of hydrogen-bond acceptors (Lipinski definition) is 4. The van der Waals surface area contributed by atoms with Crippen LogP contribution in [0, 0.1) is 6.92 Å². The molecule has 1 saturated carbocycles. The van der Waals surface area contributed by atoms with E-state index < -0.39 is 0 Å². The summed E-state index contributed by atoms with van der Waals surface area (Å²) in [5.74, 6) is 1.32. The number of carbonyl (C=O) groups excluding carboxylic acids is 1. The van der Waals surface area contributed by atoms with E-state index in [2.05, 4.69) is 46.5 Å². The van der Waals surface area contributed by atoms with Crippen LogP contribution in [0.15, 0.2) is 29.1 Å². The van der Waals surface area contributed by atoms with Gasteiger partial charge in [-0.2, -0.15) is 5.10 Å². The first-order chi connectivity index (χ1) is 14.5. The second kappa shape index (κ2) is 9.16. The quantitative estimate of drug-likeness (QED) is 0.793. The van der Waals surface area contributed by atoms with Crippen molar-refractivity contribution in [1.82, 2.24) is 24.6 Å². The molecule has 7 nitrogen and oxygen atoms in total. The van der Waals surface area contributed by atoms with Gasteiger partial charge in [-0.05, 0) is 51.3 Å². The number of piperidine rings is 1. The van der Waals surface area contributed by atoms with Crippen molar-refractivity contribution in [3.8, 4) is 0 Å². The van der Waals surface area contributed by atoms with Gasteiger partial charge in [0.05, 0.1) is 6.54 Å². The van der Waals surface area contributed by atoms with Crippen molar-refractivity contribution in [2.75, 3.05) is 19.6 Å². The van der Waals surface area contributed by atoms with E-state index in [1.165, 1.54) is 23.1 Å². The molecule has 0 unspecified atom stereocenters. The molecule has 162 valence electrons. The van der Waals surface area contributed by atoms with Crippen LogP contribution in [0.4, 0.5) is 0 Å². The molecule has 1 aliphatic carbocycles. The average molecular weight is 412 g/mol. The minimum Gasteiger partial charge on any atom is -0.351 e. The van der Waals surface area contributed by atoms with Crippen molar-refractivity contribution in [1.29, 1.82) is 0 Å². The number of rotatable bonds is 6. The summed E-state index contributed by atoms with van der Waals surface area (Å²) in [6.45, 7) is 4.77. The van der Waals surface area contributed by atoms with Gasteiger partial charge in [-0.25, -0.2) is 9.48 Å². The number of hydrogen-bond donors (Lipinski definition) is 1. The molecule has 1 N–H and O–H groups in total. The second-order valence-electron chi connectivity index (χ2n) is 8.89. The van der Waals surface area contributed by atoms with Gasteiger partial charge in [0, 0.05) is 25.6 Å². The van der Waals surface area contributed by atoms with E-state index in [-0.39, 0.29) is 11.6 Å². The first kappa shape index (κ1) is 20.8. The third-order valence-corrected chi connectivity index (χ3v) is 6.60. The van der Waals surface area contributed by atoms with Crippen LogP contribution < -0.4 is 11.0 Å². The van der Waals surface area contributed by atoms with Crippen LogP contribution in [0.3, 0.4) is 0 Å². The number of carbonyl (C=O) groups is 1. The van der Waals surface area contributed by atoms with Gasteiger partial charge >= 0.3 is 5.69 Å². The Labute approximate surface area is 178 Å². The molecule has 2 aliphatic rings. The topological polar surface area (TPSA) is 72.2 Å². The number of benzene rings is 1. The summed E-state index contributed by atoms with van der Waals surface area (Å²) in [6, 6.07) is 8.55. The predicted molar refractivity (Wildman–Crippen MR) is 116 cm³/mol. The molecular formula is C23H33N5O2. The van der Waals surface area contributed by atoms with Crippen LogP contribution in [0.25, 0.3) is 0 Å². The molecule has 2 aromatic rings. The normalized spacial score (nSPS) is 18.7. The fraction of sp³-hybridized carbons (Fsp3) is 0.609. The molecule has 0 atom stereocenters. The summed E-state index contributed by atoms with van der Waals surface area (Å²) in [5.41, 5.74) is 2.36. The van der Waals surface area contributed by atoms with Gasteiger partial charge < -0.3 is 5.32 Å². The molecule has 4 rings (SSSR count). The maximum absolute atomic E-state index is 12.6. The molecule has 0 bridgehead atoms. The molecular weight excluding hydrogens is 378 g/mol. The molecule has 2 heterocycles. The SMILES string of the molecule is Cc1ccc(CNC(=O)CN2CCC(c3nn(C)c(=O)n3C3CCCC3)CC2)cc1. The standard InChI is InChI=1S/C23H33N5O2/c1-17-7-9-18(10-8-17)15-24-21(29)16-27-13-11-19(12-14-27)22-25-26(2)23(30)28(22)20-5-3-4-6-20/h7-10,19-20H,3-6,11-16H2,1-2H3,(H,24,29). The first-order valence-corrected chi connectivity index (χ1v) is 11.2. The summed E-state index contributed by atoms with van der Waals surface area (Å²) < 4.78 is 3.47. The fourth-order valence-electron chi connectivity index (χ4n) is 4.80. The number of aryl methyl sites for hydroxylation is 2. The van der Waals surface area contributed by atoms with Gasteiger partial charge in [0.15, 0.2) is 0 Å². The Kier molecular flexibility index (Phi) is 6.37. The zero-order valence-corrected chi connectivity index (χ0v) is 18.1. The molecule has 2 fully saturated rings. The Morgan fingerprint density at radius 2 is 1.77 bits per heavy atom. The highest BCUT2D eigenvalue weighted by molar-refractivity contribution is 5.78. The minimum absolute atomic E-state index is 0.0230. The maximum Gasteiger partial charge on any atom is 0.345 e. The third kappa shape index (κ3) is 4.67. The molecule has 1 aromatic carbocycles. The van der Waals surface area contributed by atoms with Crippen molar-refractivity contribution >= 4 is 5.91 Å². The van der Waals surface area contributed by atoms with Crippen LogP contribution >= 0.6 is 0 Å². The summed E-state index contributed by atoms with van der Waals surface area (Å²) in [7, 11) is 1.75. The number of nitrogens with one attached hydrogen (secondary N) is 1. The third-order valence-electron chi connectivity index (χ3n) is 6.60. The smallest absolute Gasteiger partial charge is 0.345 e. The Morgan fingerprint density at radius 1 is 1.10 bits per heavy atom. The Morgan fingerprint density at radius 3 is 2.43 bits per heavy atom. The average Bonchev–Trinajstić information content (AvgIpc) is 3.37. The Balaban J connectivity index is 1.30. The lowest BCUT2D eigenvalue weighted by Gasteiger charge is -2.31. The van der Waals surface area contributed by atoms with E-state index in [0.717, 1.165) is 50.2 Å². The molecule has 30 heavy (non-hydrogen) atoms. The number of likely N-dealkylation sites (tertiary alicyclic amines) is 1. The van der Waals surface area contributed by atoms with Crippen molar-refractivity contribution in [3.63, 3.8) is 0 Å². The lowest BCUT2D eigenvalue weighted by molar-refractivity contribution is -0.122. The highest BCUT2D eigenvalue weighted by atomic mass is 16.2. The summed E-state index contributed by atoms with van der Waals surface area (Å²) in [6.07, 6.45) is 6.43. The monoisotopic (exact) mass is 411 g/mol. The molecule has 1 aliphatic heterocycles. The molecule has 0 radical (unpaired) electrons. The Hall–Kier alpha value is -2.41. The molecule has 0 spiro atoms. The van der Waals surface area contributed by atoms with Gasteiger partial charge in [-0.1, -0.05) is 42.7 Å². The summed E-state index contributed by atoms with van der Waals surface area (Å²) in [5, 5.41) is 7.63. The number of amides is 1. The van der Waals surface area contributed by atoms with E-state index in [9.17, 15) is 9.59 Å². The molecule has 7 heteroatoms. The van der Waals surface area contributed by atoms with Crippen LogP contribution in [-0.2, 0) is 18.4 Å². The second-order valence-corrected chi connectivity index (χ2v) is 8.89. The number of aromatic nitrogens is 3. The summed E-state index contributed by atoms with van der Waals surface area (Å²) >= 11 is 0. The van der Waals surface area contributed by atoms with E-state index in [4.69, 9.17) is 0 Å². The highest BCUT2D eigenvalue weighted by Crippen LogP contribution is 2.33. The largest absolute Gasteiger partial charge is 0.351 e. The van der Waals surface area contributed by atoms with E-state index >= 15 is 0 Å². The van der Waals surface area contributed by atoms with Crippen LogP contribution in [0.2, 0.25) is 0 Å². The zero-order valence-electron chi connectivity index (χ0n) is 18.1. The summed E-state index contributed by atoms with van der Waals surface area (Å²) in [4.78, 5) is 27.2. The van der Waals surface area contributed by atoms with Crippen molar-refractivity contribution in [3.05, 3.63) is 51.7 Å². The van der Waals surface area contributed by atoms with Crippen molar-refractivity contribution in [2.45, 2.75) is 64.0 Å². The van der Waals surface area contributed by atoms with Crippen molar-refractivity contribution < 1.29 is 4.79 Å². The first-order valence-electron chi connectivity index (χ1n) is 11.2. The maximum atomic E-state index is 12.6. The van der Waals surface area contributed by atoms with Crippen LogP contribution in [0.5, 0.6) is 0 Å².